The van der Waals surface area contributed by atoms with Crippen LogP contribution in [0.1, 0.15) is 22.7 Å². The van der Waals surface area contributed by atoms with E-state index in [9.17, 15) is 4.79 Å². The summed E-state index contributed by atoms with van der Waals surface area (Å²) in [6.45, 7) is 0. The Labute approximate surface area is 140 Å². The molecule has 0 aromatic heterocycles. The molecule has 0 aliphatic heterocycles. The number of nitrogens with two attached hydrogens (primary N) is 1. The normalized spacial score (nSPS) is 13.1. The average Bonchev–Trinajstić information content (AvgIpc) is 2.94. The van der Waals surface area contributed by atoms with E-state index < -0.39 is 11.9 Å². The van der Waals surface area contributed by atoms with Crippen LogP contribution in [-0.2, 0) is 4.79 Å². The maximum Gasteiger partial charge on any atom is 0.246 e. The van der Waals surface area contributed by atoms with Crippen LogP contribution in [0, 0.1) is 0 Å². The summed E-state index contributed by atoms with van der Waals surface area (Å²) in [5, 5.41) is 0. The number of rotatable bonds is 3. The van der Waals surface area contributed by atoms with Crippen molar-refractivity contribution in [2.45, 2.75) is 6.04 Å². The number of nitrogens with zero attached hydrogens (tertiary/aromatic N) is 1. The highest BCUT2D eigenvalue weighted by Crippen LogP contribution is 2.37. The number of carbonyl (C=O) groups excluding carboxylic acids is 1. The Morgan fingerprint density at radius 3 is 1.67 bits per heavy atom. The molecule has 1 aliphatic carbocycles. The van der Waals surface area contributed by atoms with Gasteiger partial charge in [0.15, 0.2) is 6.04 Å². The molecule has 0 spiro atoms. The molecule has 1 atom stereocenters. The van der Waals surface area contributed by atoms with Gasteiger partial charge in [-0.15, -0.1) is 0 Å². The fraction of sp³-hybridized carbons (Fsp3) is 0.0476. The third-order valence-corrected chi connectivity index (χ3v) is 4.30. The summed E-state index contributed by atoms with van der Waals surface area (Å²) in [6, 6.07) is 25.0. The van der Waals surface area contributed by atoms with Crippen LogP contribution in [0.5, 0.6) is 0 Å². The maximum atomic E-state index is 12.0. The van der Waals surface area contributed by atoms with Gasteiger partial charge >= 0.3 is 0 Å². The molecule has 4 rings (SSSR count). The lowest BCUT2D eigenvalue weighted by Gasteiger charge is -2.11. The second-order valence-corrected chi connectivity index (χ2v) is 5.78. The molecule has 0 heterocycles. The molecule has 0 saturated carbocycles. The minimum atomic E-state index is -0.694. The Morgan fingerprint density at radius 2 is 1.17 bits per heavy atom. The van der Waals surface area contributed by atoms with Crippen molar-refractivity contribution in [3.05, 3.63) is 95.6 Å². The molecule has 1 amide bonds. The number of aliphatic imine (C=N–C) groups is 1. The summed E-state index contributed by atoms with van der Waals surface area (Å²) in [7, 11) is 0. The van der Waals surface area contributed by atoms with Crippen molar-refractivity contribution in [3.8, 4) is 11.1 Å². The molecule has 2 N–H and O–H groups in total. The van der Waals surface area contributed by atoms with E-state index in [0.29, 0.717) is 0 Å². The van der Waals surface area contributed by atoms with Crippen molar-refractivity contribution in [2.75, 3.05) is 0 Å². The lowest BCUT2D eigenvalue weighted by molar-refractivity contribution is -0.119. The highest BCUT2D eigenvalue weighted by atomic mass is 16.1. The van der Waals surface area contributed by atoms with E-state index >= 15 is 0 Å². The molecular weight excluding hydrogens is 296 g/mol. The lowest BCUT2D eigenvalue weighted by atomic mass is 10.0. The minimum Gasteiger partial charge on any atom is -0.368 e. The molecule has 0 fully saturated rings. The van der Waals surface area contributed by atoms with Crippen molar-refractivity contribution in [3.63, 3.8) is 0 Å². The van der Waals surface area contributed by atoms with E-state index in [4.69, 9.17) is 10.7 Å². The van der Waals surface area contributed by atoms with Crippen LogP contribution in [0.4, 0.5) is 0 Å². The first-order chi connectivity index (χ1) is 11.8. The predicted octanol–water partition coefficient (Wildman–Crippen LogP) is 3.73. The number of hydrogen-bond acceptors (Lipinski definition) is 2. The molecule has 0 unspecified atom stereocenters. The van der Waals surface area contributed by atoms with Crippen molar-refractivity contribution in [2.24, 2.45) is 10.7 Å². The van der Waals surface area contributed by atoms with Gasteiger partial charge in [0.1, 0.15) is 0 Å². The van der Waals surface area contributed by atoms with Crippen LogP contribution in [0.3, 0.4) is 0 Å². The standard InChI is InChI=1S/C21H16N2O/c22-21(24)19(14-8-2-1-3-9-14)23-20-17-12-6-4-10-15(17)16-11-5-7-13-18(16)20/h1-13,19H,(H2,22,24)/t19-/m1/s1. The Morgan fingerprint density at radius 1 is 0.708 bits per heavy atom. The van der Waals surface area contributed by atoms with Crippen LogP contribution in [-0.4, -0.2) is 11.6 Å². The first kappa shape index (κ1) is 14.4. The third kappa shape index (κ3) is 2.31. The van der Waals surface area contributed by atoms with Gasteiger partial charge in [-0.1, -0.05) is 78.9 Å². The number of benzene rings is 3. The molecule has 3 aromatic rings. The van der Waals surface area contributed by atoms with Crippen molar-refractivity contribution < 1.29 is 4.79 Å². The monoisotopic (exact) mass is 312 g/mol. The molecule has 0 radical (unpaired) electrons. The number of fused-ring (bicyclic) bond motifs is 3. The lowest BCUT2D eigenvalue weighted by Crippen LogP contribution is -2.21. The highest BCUT2D eigenvalue weighted by molar-refractivity contribution is 6.24. The van der Waals surface area contributed by atoms with Crippen LogP contribution >= 0.6 is 0 Å². The van der Waals surface area contributed by atoms with Gasteiger partial charge in [-0.3, -0.25) is 9.79 Å². The van der Waals surface area contributed by atoms with E-state index in [1.54, 1.807) is 0 Å². The Bertz CT molecular complexity index is 897. The van der Waals surface area contributed by atoms with Crippen LogP contribution in [0.2, 0.25) is 0 Å². The van der Waals surface area contributed by atoms with Gasteiger partial charge in [0.25, 0.3) is 0 Å². The van der Waals surface area contributed by atoms with Gasteiger partial charge in [-0.2, -0.15) is 0 Å². The van der Waals surface area contributed by atoms with Gasteiger partial charge in [0.2, 0.25) is 5.91 Å². The van der Waals surface area contributed by atoms with E-state index in [0.717, 1.165) is 33.5 Å². The van der Waals surface area contributed by atoms with Crippen molar-refractivity contribution in [1.29, 1.82) is 0 Å². The second kappa shape index (κ2) is 5.78. The number of carbonyl (C=O) groups is 1. The molecule has 3 aromatic carbocycles. The number of hydrogen-bond donors (Lipinski definition) is 1. The fourth-order valence-corrected chi connectivity index (χ4v) is 3.20. The smallest absolute Gasteiger partial charge is 0.246 e. The second-order valence-electron chi connectivity index (χ2n) is 5.78. The summed E-state index contributed by atoms with van der Waals surface area (Å²) in [6.07, 6.45) is 0. The summed E-state index contributed by atoms with van der Waals surface area (Å²) >= 11 is 0. The van der Waals surface area contributed by atoms with Gasteiger partial charge in [-0.25, -0.2) is 0 Å². The van der Waals surface area contributed by atoms with Crippen molar-refractivity contribution >= 4 is 11.6 Å². The van der Waals surface area contributed by atoms with Gasteiger partial charge in [-0.05, 0) is 16.7 Å². The number of primary amides is 1. The molecule has 3 heteroatoms. The SMILES string of the molecule is NC(=O)[C@H](N=C1c2ccccc2-c2ccccc21)c1ccccc1. The molecule has 0 saturated heterocycles. The predicted molar refractivity (Wildman–Crippen MR) is 95.9 cm³/mol. The highest BCUT2D eigenvalue weighted by Gasteiger charge is 2.26. The zero-order valence-corrected chi connectivity index (χ0v) is 13.0. The molecule has 0 bridgehead atoms. The summed E-state index contributed by atoms with van der Waals surface area (Å²) in [4.78, 5) is 16.8. The zero-order valence-electron chi connectivity index (χ0n) is 13.0. The molecule has 24 heavy (non-hydrogen) atoms. The van der Waals surface area contributed by atoms with Gasteiger partial charge in [0, 0.05) is 11.1 Å². The first-order valence-corrected chi connectivity index (χ1v) is 7.87. The Balaban J connectivity index is 1.91. The van der Waals surface area contributed by atoms with E-state index in [-0.39, 0.29) is 0 Å². The Hall–Kier alpha value is -3.20. The Kier molecular flexibility index (Phi) is 3.47. The zero-order chi connectivity index (χ0) is 16.5. The average molecular weight is 312 g/mol. The van der Waals surface area contributed by atoms with Crippen LogP contribution in [0.15, 0.2) is 83.9 Å². The van der Waals surface area contributed by atoms with E-state index in [1.165, 1.54) is 0 Å². The van der Waals surface area contributed by atoms with Gasteiger partial charge in [0.05, 0.1) is 5.71 Å². The summed E-state index contributed by atoms with van der Waals surface area (Å²) in [5.41, 5.74) is 11.6. The minimum absolute atomic E-state index is 0.449. The van der Waals surface area contributed by atoms with Crippen LogP contribution in [0.25, 0.3) is 11.1 Å². The molecule has 3 nitrogen and oxygen atoms in total. The summed E-state index contributed by atoms with van der Waals surface area (Å²) < 4.78 is 0. The van der Waals surface area contributed by atoms with E-state index in [1.807, 2.05) is 66.7 Å². The fourth-order valence-electron chi connectivity index (χ4n) is 3.20. The maximum absolute atomic E-state index is 12.0. The third-order valence-electron chi connectivity index (χ3n) is 4.30. The summed E-state index contributed by atoms with van der Waals surface area (Å²) in [5.74, 6) is -0.449. The van der Waals surface area contributed by atoms with Gasteiger partial charge < -0.3 is 5.73 Å². The van der Waals surface area contributed by atoms with Crippen molar-refractivity contribution in [1.82, 2.24) is 0 Å². The topological polar surface area (TPSA) is 55.5 Å². The molecule has 1 aliphatic rings. The molecular formula is C21H16N2O. The largest absolute Gasteiger partial charge is 0.368 e. The number of amides is 1. The first-order valence-electron chi connectivity index (χ1n) is 7.87. The van der Waals surface area contributed by atoms with Crippen LogP contribution < -0.4 is 5.73 Å². The quantitative estimate of drug-likeness (QED) is 0.615. The van der Waals surface area contributed by atoms with E-state index in [2.05, 4.69) is 12.1 Å². The molecule has 116 valence electrons.